The lowest BCUT2D eigenvalue weighted by Gasteiger charge is -2.23. The number of anilines is 1. The van der Waals surface area contributed by atoms with E-state index in [1.807, 2.05) is 25.2 Å². The van der Waals surface area contributed by atoms with E-state index in [1.54, 1.807) is 17.0 Å². The second kappa shape index (κ2) is 7.21. The fourth-order valence-electron chi connectivity index (χ4n) is 4.17. The molecule has 0 amide bonds. The van der Waals surface area contributed by atoms with Crippen molar-refractivity contribution in [1.29, 1.82) is 0 Å². The predicted octanol–water partition coefficient (Wildman–Crippen LogP) is 3.44. The zero-order valence-electron chi connectivity index (χ0n) is 16.5. The van der Waals surface area contributed by atoms with Crippen LogP contribution in [0.5, 0.6) is 0 Å². The summed E-state index contributed by atoms with van der Waals surface area (Å²) in [5.41, 5.74) is 1.52. The van der Waals surface area contributed by atoms with Gasteiger partial charge in [-0.05, 0) is 26.1 Å². The first-order valence-corrected chi connectivity index (χ1v) is 9.95. The molecule has 1 aromatic carbocycles. The van der Waals surface area contributed by atoms with Gasteiger partial charge >= 0.3 is 0 Å². The lowest BCUT2D eigenvalue weighted by molar-refractivity contribution is 0.360. The number of nitrogens with zero attached hydrogens (tertiary/aromatic N) is 3. The van der Waals surface area contributed by atoms with E-state index in [4.69, 9.17) is 0 Å². The van der Waals surface area contributed by atoms with Crippen LogP contribution >= 0.6 is 0 Å². The van der Waals surface area contributed by atoms with Crippen LogP contribution in [0.4, 0.5) is 14.5 Å². The third-order valence-corrected chi connectivity index (χ3v) is 5.70. The Morgan fingerprint density at radius 2 is 1.87 bits per heavy atom. The Morgan fingerprint density at radius 1 is 1.03 bits per heavy atom. The molecule has 30 heavy (non-hydrogen) atoms. The fraction of sp³-hybridized carbons (Fsp3) is 0.273. The van der Waals surface area contributed by atoms with Crippen LogP contribution in [0.3, 0.4) is 0 Å². The number of halogens is 2. The molecule has 2 N–H and O–H groups in total. The van der Waals surface area contributed by atoms with E-state index in [-0.39, 0.29) is 28.1 Å². The summed E-state index contributed by atoms with van der Waals surface area (Å²) in [6.07, 6.45) is 0.825. The molecule has 8 heteroatoms. The largest absolute Gasteiger partial charge is 0.365 e. The molecule has 6 nitrogen and oxygen atoms in total. The first-order valence-electron chi connectivity index (χ1n) is 9.95. The van der Waals surface area contributed by atoms with E-state index in [1.165, 1.54) is 6.07 Å². The summed E-state index contributed by atoms with van der Waals surface area (Å²) in [5.74, 6) is -1.11. The van der Waals surface area contributed by atoms with Crippen molar-refractivity contribution in [2.45, 2.75) is 6.42 Å². The number of aromatic amines is 2. The van der Waals surface area contributed by atoms with Gasteiger partial charge in [0.1, 0.15) is 17.0 Å². The quantitative estimate of drug-likeness (QED) is 0.532. The molecule has 3 aliphatic rings. The predicted molar refractivity (Wildman–Crippen MR) is 113 cm³/mol. The fourth-order valence-corrected chi connectivity index (χ4v) is 4.17. The van der Waals surface area contributed by atoms with Crippen molar-refractivity contribution in [1.82, 2.24) is 19.9 Å². The van der Waals surface area contributed by atoms with E-state index >= 15 is 4.39 Å². The van der Waals surface area contributed by atoms with Gasteiger partial charge in [-0.3, -0.25) is 4.79 Å². The lowest BCUT2D eigenvalue weighted by Crippen LogP contribution is -2.30. The van der Waals surface area contributed by atoms with Gasteiger partial charge < -0.3 is 19.8 Å². The number of nitrogens with one attached hydrogen (secondary N) is 2. The normalized spacial score (nSPS) is 15.8. The van der Waals surface area contributed by atoms with Crippen molar-refractivity contribution in [3.8, 4) is 22.6 Å². The van der Waals surface area contributed by atoms with Crippen LogP contribution in [-0.2, 0) is 0 Å². The summed E-state index contributed by atoms with van der Waals surface area (Å²) in [7, 11) is 2.00. The van der Waals surface area contributed by atoms with Gasteiger partial charge in [-0.2, -0.15) is 0 Å². The summed E-state index contributed by atoms with van der Waals surface area (Å²) >= 11 is 0. The van der Waals surface area contributed by atoms with Crippen LogP contribution in [0.25, 0.3) is 33.7 Å². The van der Waals surface area contributed by atoms with Gasteiger partial charge in [-0.25, -0.2) is 13.8 Å². The van der Waals surface area contributed by atoms with Crippen molar-refractivity contribution >= 4 is 16.7 Å². The maximum atomic E-state index is 15.4. The summed E-state index contributed by atoms with van der Waals surface area (Å²) in [6.45, 7) is 2.73. The monoisotopic (exact) mass is 409 g/mol. The number of aromatic nitrogens is 3. The molecule has 0 atom stereocenters. The highest BCUT2D eigenvalue weighted by Crippen LogP contribution is 2.34. The molecule has 2 aromatic rings. The van der Waals surface area contributed by atoms with Gasteiger partial charge in [0.25, 0.3) is 5.56 Å². The number of fused-ring (bicyclic) bond motifs is 2. The Morgan fingerprint density at radius 3 is 2.73 bits per heavy atom. The molecule has 154 valence electrons. The Balaban J connectivity index is 1.64. The Bertz CT molecular complexity index is 1260. The van der Waals surface area contributed by atoms with E-state index < -0.39 is 11.6 Å². The second-order valence-electron chi connectivity index (χ2n) is 7.71. The third kappa shape index (κ3) is 3.04. The zero-order valence-corrected chi connectivity index (χ0v) is 16.5. The highest BCUT2D eigenvalue weighted by atomic mass is 19.1. The van der Waals surface area contributed by atoms with Gasteiger partial charge in [0.2, 0.25) is 0 Å². The number of benzene rings is 1. The summed E-state index contributed by atoms with van der Waals surface area (Å²) in [4.78, 5) is 26.5. The van der Waals surface area contributed by atoms with Crippen molar-refractivity contribution in [3.63, 3.8) is 0 Å². The van der Waals surface area contributed by atoms with E-state index in [0.717, 1.165) is 19.5 Å². The van der Waals surface area contributed by atoms with Gasteiger partial charge in [0, 0.05) is 37.0 Å². The van der Waals surface area contributed by atoms with E-state index in [2.05, 4.69) is 19.9 Å². The molecule has 5 rings (SSSR count). The zero-order chi connectivity index (χ0) is 20.8. The number of hydrogen-bond donors (Lipinski definition) is 2. The third-order valence-electron chi connectivity index (χ3n) is 5.70. The minimum Gasteiger partial charge on any atom is -0.365 e. The van der Waals surface area contributed by atoms with Gasteiger partial charge in [-0.15, -0.1) is 0 Å². The number of rotatable bonds is 2. The lowest BCUT2D eigenvalue weighted by atomic mass is 10.1. The molecule has 0 bridgehead atoms. The first kappa shape index (κ1) is 18.7. The first-order chi connectivity index (χ1) is 14.5. The van der Waals surface area contributed by atoms with E-state index in [0.29, 0.717) is 29.9 Å². The van der Waals surface area contributed by atoms with Gasteiger partial charge in [-0.1, -0.05) is 24.3 Å². The minimum absolute atomic E-state index is 0.0352. The van der Waals surface area contributed by atoms with Crippen LogP contribution < -0.4 is 10.5 Å². The molecule has 0 spiro atoms. The number of H-pyrrole nitrogens is 2. The number of imidazole rings is 1. The molecular weight excluding hydrogens is 388 g/mol. The Kier molecular flexibility index (Phi) is 4.51. The molecular formula is C22H21F2N5O. The summed E-state index contributed by atoms with van der Waals surface area (Å²) in [5, 5.41) is 0. The highest BCUT2D eigenvalue weighted by Gasteiger charge is 2.25. The Hall–Kier alpha value is -3.26. The molecule has 1 aliphatic carbocycles. The average Bonchev–Trinajstić information content (AvgIpc) is 3.06. The molecule has 3 heterocycles. The highest BCUT2D eigenvalue weighted by molar-refractivity contribution is 5.87. The average molecular weight is 409 g/mol. The van der Waals surface area contributed by atoms with Crippen LogP contribution in [0.2, 0.25) is 0 Å². The van der Waals surface area contributed by atoms with Crippen molar-refractivity contribution < 1.29 is 8.78 Å². The smallest absolute Gasteiger partial charge is 0.260 e. The molecule has 1 saturated heterocycles. The molecule has 2 aliphatic heterocycles. The standard InChI is InChI=1S/C22H21F2N5O/c1-28-8-5-9-29(11-10-28)20-14(23)12-16-19(18(20)24)27-21(25-16)17-13-6-3-2-4-7-15(13)26-22(17)30/h2-4,6-7,12H,5,8-11H2,1H3,(H,25,27)(H,26,30). The van der Waals surface area contributed by atoms with E-state index in [9.17, 15) is 9.18 Å². The van der Waals surface area contributed by atoms with Gasteiger partial charge in [0.05, 0.1) is 11.1 Å². The molecule has 0 unspecified atom stereocenters. The number of likely N-dealkylation sites (N-methyl/N-ethyl adjacent to an activating group) is 1. The van der Waals surface area contributed by atoms with Crippen molar-refractivity contribution in [2.24, 2.45) is 0 Å². The second-order valence-corrected chi connectivity index (χ2v) is 7.71. The summed E-state index contributed by atoms with van der Waals surface area (Å²) < 4.78 is 30.3. The van der Waals surface area contributed by atoms with Crippen LogP contribution in [0.1, 0.15) is 6.42 Å². The summed E-state index contributed by atoms with van der Waals surface area (Å²) in [6, 6.07) is 10.3. The number of hydrogen-bond acceptors (Lipinski definition) is 4. The van der Waals surface area contributed by atoms with Crippen molar-refractivity contribution in [3.05, 3.63) is 58.4 Å². The molecule has 0 saturated carbocycles. The van der Waals surface area contributed by atoms with Crippen LogP contribution in [0.15, 0.2) is 41.2 Å². The SMILES string of the molecule is CN1CCCN(c2c(F)cc3[nH]c(-c4c5cccccc-5[nH]c4=O)nc3c2F)CC1. The topological polar surface area (TPSA) is 68.0 Å². The van der Waals surface area contributed by atoms with Crippen LogP contribution in [0, 0.1) is 11.6 Å². The van der Waals surface area contributed by atoms with Crippen molar-refractivity contribution in [2.75, 3.05) is 38.1 Å². The maximum absolute atomic E-state index is 15.4. The molecule has 0 radical (unpaired) electrons. The molecule has 1 aromatic heterocycles. The molecule has 1 fully saturated rings. The Labute approximate surface area is 171 Å². The van der Waals surface area contributed by atoms with Gasteiger partial charge in [0.15, 0.2) is 11.6 Å². The van der Waals surface area contributed by atoms with Crippen LogP contribution in [-0.4, -0.2) is 53.1 Å². The minimum atomic E-state index is -0.699. The maximum Gasteiger partial charge on any atom is 0.260 e.